The molecule has 6 aromatic rings. The number of fused-ring (bicyclic) bond motifs is 2. The summed E-state index contributed by atoms with van der Waals surface area (Å²) in [6.45, 7) is 3.19. The van der Waals surface area contributed by atoms with Crippen LogP contribution < -0.4 is 19.5 Å². The molecule has 0 bridgehead atoms. The van der Waals surface area contributed by atoms with E-state index in [-0.39, 0.29) is 24.5 Å². The molecule has 4 atom stereocenters. The normalized spacial score (nSPS) is 16.7. The molecule has 6 aromatic carbocycles. The lowest BCUT2D eigenvalue weighted by Crippen LogP contribution is -2.55. The summed E-state index contributed by atoms with van der Waals surface area (Å²) in [5.41, 5.74) is 8.13. The van der Waals surface area contributed by atoms with E-state index in [9.17, 15) is 14.7 Å². The predicted octanol–water partition coefficient (Wildman–Crippen LogP) is 10.3. The SMILES string of the molecule is CC[C@@H](c1ccccc1)N1Cc2cc3c(cc2C[C@H]1C(=O)N[C@@H](Cc1ccc(-c2ccc(C#N)cc2)cc1)C(=O)O)OC[C@H](c1ccc(OCc2ccc(Cl)c(Cl)c2)cc1)O3. The number of nitrogens with one attached hydrogen (secondary N) is 1. The molecular formula is C50H43Cl2N3O6. The lowest BCUT2D eigenvalue weighted by molar-refractivity contribution is -0.143. The van der Waals surface area contributed by atoms with Crippen LogP contribution in [0.15, 0.2) is 133 Å². The van der Waals surface area contributed by atoms with Crippen molar-refractivity contribution in [3.8, 4) is 34.4 Å². The van der Waals surface area contributed by atoms with Gasteiger partial charge < -0.3 is 24.6 Å². The van der Waals surface area contributed by atoms with Crippen molar-refractivity contribution in [3.63, 3.8) is 0 Å². The summed E-state index contributed by atoms with van der Waals surface area (Å²) in [5, 5.41) is 23.4. The van der Waals surface area contributed by atoms with Crippen molar-refractivity contribution in [2.45, 2.75) is 63.6 Å². The number of hydrogen-bond acceptors (Lipinski definition) is 7. The molecule has 0 aliphatic carbocycles. The zero-order chi connectivity index (χ0) is 42.5. The first-order chi connectivity index (χ1) is 29.6. The number of carboxylic acids is 1. The summed E-state index contributed by atoms with van der Waals surface area (Å²) in [5.74, 6) is 0.477. The van der Waals surface area contributed by atoms with Gasteiger partial charge in [0.1, 0.15) is 25.0 Å². The number of benzene rings is 6. The first-order valence-electron chi connectivity index (χ1n) is 20.2. The molecule has 0 fully saturated rings. The van der Waals surface area contributed by atoms with E-state index in [1.54, 1.807) is 24.3 Å². The number of halogens is 2. The van der Waals surface area contributed by atoms with Crippen LogP contribution in [-0.4, -0.2) is 40.6 Å². The summed E-state index contributed by atoms with van der Waals surface area (Å²) in [6.07, 6.45) is 0.861. The summed E-state index contributed by atoms with van der Waals surface area (Å²) in [6, 6.07) is 42.3. The number of carboxylic acid groups (broad SMARTS) is 1. The highest BCUT2D eigenvalue weighted by atomic mass is 35.5. The molecule has 0 saturated carbocycles. The third kappa shape index (κ3) is 9.53. The summed E-state index contributed by atoms with van der Waals surface area (Å²) in [4.78, 5) is 29.3. The zero-order valence-corrected chi connectivity index (χ0v) is 34.9. The number of amides is 1. The van der Waals surface area contributed by atoms with Crippen LogP contribution in [-0.2, 0) is 35.6 Å². The van der Waals surface area contributed by atoms with Gasteiger partial charge in [-0.2, -0.15) is 5.26 Å². The van der Waals surface area contributed by atoms with Crippen molar-refractivity contribution in [2.75, 3.05) is 6.61 Å². The number of rotatable bonds is 13. The fourth-order valence-electron chi connectivity index (χ4n) is 8.09. The molecule has 0 spiro atoms. The van der Waals surface area contributed by atoms with Gasteiger partial charge >= 0.3 is 5.97 Å². The first kappa shape index (κ1) is 41.4. The van der Waals surface area contributed by atoms with E-state index in [0.29, 0.717) is 59.0 Å². The number of nitriles is 1. The maximum absolute atomic E-state index is 14.4. The van der Waals surface area contributed by atoms with Crippen LogP contribution in [0.1, 0.15) is 64.4 Å². The van der Waals surface area contributed by atoms with Gasteiger partial charge in [0.25, 0.3) is 0 Å². The molecule has 308 valence electrons. The number of carbonyl (C=O) groups is 2. The highest BCUT2D eigenvalue weighted by molar-refractivity contribution is 6.42. The smallest absolute Gasteiger partial charge is 0.326 e. The lowest BCUT2D eigenvalue weighted by Gasteiger charge is -2.42. The number of hydrogen-bond donors (Lipinski definition) is 2. The highest BCUT2D eigenvalue weighted by Gasteiger charge is 2.39. The molecule has 1 amide bonds. The van der Waals surface area contributed by atoms with E-state index in [1.165, 1.54) is 0 Å². The van der Waals surface area contributed by atoms with Crippen LogP contribution >= 0.6 is 23.2 Å². The molecule has 2 N–H and O–H groups in total. The molecule has 2 aliphatic heterocycles. The van der Waals surface area contributed by atoms with Crippen LogP contribution in [0.2, 0.25) is 10.0 Å². The average molecular weight is 853 g/mol. The number of ether oxygens (including phenoxy) is 3. The third-order valence-corrected chi connectivity index (χ3v) is 12.1. The van der Waals surface area contributed by atoms with Gasteiger partial charge in [0.05, 0.1) is 27.7 Å². The Labute approximate surface area is 365 Å². The van der Waals surface area contributed by atoms with E-state index in [1.807, 2.05) is 97.1 Å². The van der Waals surface area contributed by atoms with Crippen molar-refractivity contribution in [1.29, 1.82) is 5.26 Å². The molecule has 61 heavy (non-hydrogen) atoms. The topological polar surface area (TPSA) is 121 Å². The van der Waals surface area contributed by atoms with Crippen molar-refractivity contribution < 1.29 is 28.9 Å². The summed E-state index contributed by atoms with van der Waals surface area (Å²) < 4.78 is 18.9. The molecule has 8 rings (SSSR count). The van der Waals surface area contributed by atoms with Crippen LogP contribution in [0.25, 0.3) is 11.1 Å². The number of carbonyl (C=O) groups excluding carboxylic acids is 1. The Hall–Kier alpha value is -6.31. The van der Waals surface area contributed by atoms with Gasteiger partial charge in [-0.05, 0) is 106 Å². The van der Waals surface area contributed by atoms with Gasteiger partial charge in [-0.15, -0.1) is 0 Å². The maximum atomic E-state index is 14.4. The lowest BCUT2D eigenvalue weighted by atomic mass is 9.89. The summed E-state index contributed by atoms with van der Waals surface area (Å²) in [7, 11) is 0. The van der Waals surface area contributed by atoms with Crippen molar-refractivity contribution >= 4 is 35.1 Å². The van der Waals surface area contributed by atoms with Crippen LogP contribution in [0.3, 0.4) is 0 Å². The Morgan fingerprint density at radius 1 is 0.852 bits per heavy atom. The molecule has 2 aliphatic rings. The Morgan fingerprint density at radius 3 is 2.21 bits per heavy atom. The van der Waals surface area contributed by atoms with E-state index in [2.05, 4.69) is 35.3 Å². The van der Waals surface area contributed by atoms with Gasteiger partial charge in [0, 0.05) is 19.0 Å². The molecule has 0 unspecified atom stereocenters. The predicted molar refractivity (Wildman–Crippen MR) is 235 cm³/mol. The molecule has 0 saturated heterocycles. The Kier molecular flexibility index (Phi) is 12.6. The zero-order valence-electron chi connectivity index (χ0n) is 33.4. The van der Waals surface area contributed by atoms with Gasteiger partial charge in [-0.25, -0.2) is 4.79 Å². The molecule has 9 nitrogen and oxygen atoms in total. The van der Waals surface area contributed by atoms with Crippen LogP contribution in [0.4, 0.5) is 0 Å². The molecule has 2 heterocycles. The molecule has 11 heteroatoms. The largest absolute Gasteiger partial charge is 0.489 e. The molecule has 0 aromatic heterocycles. The second-order valence-corrected chi connectivity index (χ2v) is 16.1. The number of aliphatic carboxylic acids is 1. The van der Waals surface area contributed by atoms with Crippen molar-refractivity contribution in [1.82, 2.24) is 10.2 Å². The van der Waals surface area contributed by atoms with E-state index in [4.69, 9.17) is 42.7 Å². The fraction of sp³-hybridized carbons (Fsp3) is 0.220. The van der Waals surface area contributed by atoms with Crippen molar-refractivity contribution in [2.24, 2.45) is 0 Å². The molecular weight excluding hydrogens is 809 g/mol. The van der Waals surface area contributed by atoms with Crippen LogP contribution in [0, 0.1) is 11.3 Å². The second-order valence-electron chi connectivity index (χ2n) is 15.3. The van der Waals surface area contributed by atoms with Crippen LogP contribution in [0.5, 0.6) is 17.2 Å². The second kappa shape index (κ2) is 18.5. The van der Waals surface area contributed by atoms with Gasteiger partial charge in [0.15, 0.2) is 17.6 Å². The summed E-state index contributed by atoms with van der Waals surface area (Å²) >= 11 is 12.2. The first-order valence-corrected chi connectivity index (χ1v) is 21.0. The minimum atomic E-state index is -1.14. The minimum Gasteiger partial charge on any atom is -0.489 e. The number of nitrogens with zero attached hydrogens (tertiary/aromatic N) is 2. The van der Waals surface area contributed by atoms with E-state index >= 15 is 0 Å². The Balaban J connectivity index is 0.987. The Morgan fingerprint density at radius 2 is 1.54 bits per heavy atom. The van der Waals surface area contributed by atoms with E-state index < -0.39 is 18.1 Å². The highest BCUT2D eigenvalue weighted by Crippen LogP contribution is 2.42. The van der Waals surface area contributed by atoms with E-state index in [0.717, 1.165) is 50.9 Å². The van der Waals surface area contributed by atoms with Gasteiger partial charge in [-0.1, -0.05) is 115 Å². The molecule has 0 radical (unpaired) electrons. The maximum Gasteiger partial charge on any atom is 0.326 e. The van der Waals surface area contributed by atoms with Crippen molar-refractivity contribution in [3.05, 3.63) is 182 Å². The minimum absolute atomic E-state index is 0.110. The third-order valence-electron chi connectivity index (χ3n) is 11.4. The quantitative estimate of drug-likeness (QED) is 0.118. The van der Waals surface area contributed by atoms with Gasteiger partial charge in [0.2, 0.25) is 5.91 Å². The fourth-order valence-corrected chi connectivity index (χ4v) is 8.41. The Bertz CT molecular complexity index is 2560. The monoisotopic (exact) mass is 851 g/mol. The average Bonchev–Trinajstić information content (AvgIpc) is 3.29. The standard InChI is InChI=1S/C50H43Cl2N3O6/c1-2-44(36-6-4-3-5-7-36)55-28-39-26-47-46(60-30-48(61-47)37-17-19-40(20-18-37)59-29-33-12-21-41(51)42(52)22-33)25-38(39)24-45(55)49(56)54-43(50(57)58)23-31-8-13-34(14-9-31)35-15-10-32(27-53)11-16-35/h3-22,25-26,43-45,48H,2,23-24,28-30H2,1H3,(H,54,56)(H,57,58)/t43-,44-,45-,48+/m0/s1. The van der Waals surface area contributed by atoms with Gasteiger partial charge in [-0.3, -0.25) is 9.69 Å².